The van der Waals surface area contributed by atoms with Crippen molar-refractivity contribution in [1.82, 2.24) is 0 Å². The summed E-state index contributed by atoms with van der Waals surface area (Å²) in [6.45, 7) is 5.27. The molecule has 1 aromatic rings. The molecule has 0 aliphatic carbocycles. The second-order valence-corrected chi connectivity index (χ2v) is 4.06. The van der Waals surface area contributed by atoms with E-state index in [4.69, 9.17) is 4.74 Å². The van der Waals surface area contributed by atoms with E-state index in [2.05, 4.69) is 44.2 Å². The Morgan fingerprint density at radius 1 is 1.20 bits per heavy atom. The predicted octanol–water partition coefficient (Wildman–Crippen LogP) is 3.82. The molecule has 0 saturated heterocycles. The molecule has 1 nitrogen and oxygen atoms in total. The molecule has 15 heavy (non-hydrogen) atoms. The van der Waals surface area contributed by atoms with Gasteiger partial charge in [-0.2, -0.15) is 0 Å². The second kappa shape index (κ2) is 7.47. The maximum absolute atomic E-state index is 5.70. The van der Waals surface area contributed by atoms with Gasteiger partial charge in [0.05, 0.1) is 6.10 Å². The van der Waals surface area contributed by atoms with E-state index in [-0.39, 0.29) is 0 Å². The third-order valence-corrected chi connectivity index (χ3v) is 2.58. The summed E-state index contributed by atoms with van der Waals surface area (Å²) in [7, 11) is 0. The summed E-state index contributed by atoms with van der Waals surface area (Å²) in [6.07, 6.45) is 5.01. The van der Waals surface area contributed by atoms with Crippen molar-refractivity contribution in [3.63, 3.8) is 0 Å². The highest BCUT2D eigenvalue weighted by molar-refractivity contribution is 5.14. The van der Waals surface area contributed by atoms with Gasteiger partial charge < -0.3 is 4.74 Å². The SMILES string of the molecule is CCCCOC(C)CCc1ccccc1. The zero-order valence-corrected chi connectivity index (χ0v) is 9.91. The van der Waals surface area contributed by atoms with Gasteiger partial charge in [-0.1, -0.05) is 43.7 Å². The predicted molar refractivity (Wildman–Crippen MR) is 65.1 cm³/mol. The molecule has 0 spiro atoms. The molecule has 0 bridgehead atoms. The average Bonchev–Trinajstić information content (AvgIpc) is 2.28. The normalized spacial score (nSPS) is 12.7. The van der Waals surface area contributed by atoms with E-state index in [9.17, 15) is 0 Å². The summed E-state index contributed by atoms with van der Waals surface area (Å²) < 4.78 is 5.70. The summed E-state index contributed by atoms with van der Waals surface area (Å²) in [6, 6.07) is 10.6. The summed E-state index contributed by atoms with van der Waals surface area (Å²) in [5.74, 6) is 0. The molecule has 1 atom stereocenters. The number of ether oxygens (including phenoxy) is 1. The molecule has 84 valence electrons. The van der Waals surface area contributed by atoms with Crippen molar-refractivity contribution in [2.45, 2.75) is 45.6 Å². The van der Waals surface area contributed by atoms with E-state index in [0.29, 0.717) is 6.10 Å². The third-order valence-electron chi connectivity index (χ3n) is 2.58. The van der Waals surface area contributed by atoms with Crippen LogP contribution in [0.1, 0.15) is 38.7 Å². The zero-order chi connectivity index (χ0) is 10.9. The van der Waals surface area contributed by atoms with Gasteiger partial charge in [-0.25, -0.2) is 0 Å². The first kappa shape index (κ1) is 12.3. The Morgan fingerprint density at radius 2 is 1.93 bits per heavy atom. The Labute approximate surface area is 93.5 Å². The molecule has 0 aromatic heterocycles. The fourth-order valence-corrected chi connectivity index (χ4v) is 1.53. The number of rotatable bonds is 7. The molecule has 0 aliphatic rings. The molecule has 0 saturated carbocycles. The van der Waals surface area contributed by atoms with Crippen LogP contribution in [-0.2, 0) is 11.2 Å². The van der Waals surface area contributed by atoms with Crippen molar-refractivity contribution >= 4 is 0 Å². The van der Waals surface area contributed by atoms with Crippen molar-refractivity contribution in [2.24, 2.45) is 0 Å². The molecule has 0 heterocycles. The number of unbranched alkanes of at least 4 members (excludes halogenated alkanes) is 1. The molecule has 0 aliphatic heterocycles. The van der Waals surface area contributed by atoms with Crippen molar-refractivity contribution in [2.75, 3.05) is 6.61 Å². The van der Waals surface area contributed by atoms with Crippen molar-refractivity contribution in [1.29, 1.82) is 0 Å². The quantitative estimate of drug-likeness (QED) is 0.616. The van der Waals surface area contributed by atoms with Gasteiger partial charge in [0.2, 0.25) is 0 Å². The number of hydrogen-bond donors (Lipinski definition) is 0. The average molecular weight is 206 g/mol. The van der Waals surface area contributed by atoms with Gasteiger partial charge in [0.15, 0.2) is 0 Å². The zero-order valence-electron chi connectivity index (χ0n) is 9.91. The highest BCUT2D eigenvalue weighted by Crippen LogP contribution is 2.07. The Morgan fingerprint density at radius 3 is 2.60 bits per heavy atom. The minimum absolute atomic E-state index is 0.386. The first-order valence-corrected chi connectivity index (χ1v) is 5.98. The van der Waals surface area contributed by atoms with Crippen LogP contribution in [0.25, 0.3) is 0 Å². The smallest absolute Gasteiger partial charge is 0.0550 e. The van der Waals surface area contributed by atoms with E-state index >= 15 is 0 Å². The number of hydrogen-bond acceptors (Lipinski definition) is 1. The number of aryl methyl sites for hydroxylation is 1. The lowest BCUT2D eigenvalue weighted by atomic mass is 10.1. The van der Waals surface area contributed by atoms with Crippen LogP contribution in [0.2, 0.25) is 0 Å². The van der Waals surface area contributed by atoms with Gasteiger partial charge in [0.1, 0.15) is 0 Å². The van der Waals surface area contributed by atoms with Crippen LogP contribution >= 0.6 is 0 Å². The van der Waals surface area contributed by atoms with E-state index < -0.39 is 0 Å². The Kier molecular flexibility index (Phi) is 6.10. The minimum atomic E-state index is 0.386. The van der Waals surface area contributed by atoms with Crippen LogP contribution < -0.4 is 0 Å². The summed E-state index contributed by atoms with van der Waals surface area (Å²) in [4.78, 5) is 0. The van der Waals surface area contributed by atoms with Crippen LogP contribution in [0.4, 0.5) is 0 Å². The highest BCUT2D eigenvalue weighted by atomic mass is 16.5. The first-order valence-electron chi connectivity index (χ1n) is 5.98. The molecule has 0 amide bonds. The maximum atomic E-state index is 5.70. The second-order valence-electron chi connectivity index (χ2n) is 4.06. The van der Waals surface area contributed by atoms with E-state index in [1.807, 2.05) is 0 Å². The highest BCUT2D eigenvalue weighted by Gasteiger charge is 2.01. The molecule has 1 heteroatoms. The van der Waals surface area contributed by atoms with Gasteiger partial charge >= 0.3 is 0 Å². The fourth-order valence-electron chi connectivity index (χ4n) is 1.53. The van der Waals surface area contributed by atoms with Crippen LogP contribution in [0, 0.1) is 0 Å². The molecule has 0 radical (unpaired) electrons. The largest absolute Gasteiger partial charge is 0.378 e. The molecular weight excluding hydrogens is 184 g/mol. The first-order chi connectivity index (χ1) is 7.33. The molecule has 1 rings (SSSR count). The maximum Gasteiger partial charge on any atom is 0.0550 e. The molecule has 1 unspecified atom stereocenters. The Bertz CT molecular complexity index is 243. The Balaban J connectivity index is 2.14. The lowest BCUT2D eigenvalue weighted by Gasteiger charge is -2.12. The van der Waals surface area contributed by atoms with Gasteiger partial charge in [0.25, 0.3) is 0 Å². The third kappa shape index (κ3) is 5.58. The van der Waals surface area contributed by atoms with E-state index in [1.54, 1.807) is 0 Å². The van der Waals surface area contributed by atoms with Gasteiger partial charge in [-0.15, -0.1) is 0 Å². The minimum Gasteiger partial charge on any atom is -0.378 e. The molecule has 0 N–H and O–H groups in total. The van der Waals surface area contributed by atoms with Gasteiger partial charge in [-0.05, 0) is 31.7 Å². The monoisotopic (exact) mass is 206 g/mol. The Hall–Kier alpha value is -0.820. The molecule has 0 fully saturated rings. The van der Waals surface area contributed by atoms with Crippen LogP contribution in [0.15, 0.2) is 30.3 Å². The lowest BCUT2D eigenvalue weighted by Crippen LogP contribution is -2.10. The van der Waals surface area contributed by atoms with Gasteiger partial charge in [0, 0.05) is 6.61 Å². The topological polar surface area (TPSA) is 9.23 Å². The fraction of sp³-hybridized carbons (Fsp3) is 0.571. The lowest BCUT2D eigenvalue weighted by molar-refractivity contribution is 0.0586. The van der Waals surface area contributed by atoms with Crippen molar-refractivity contribution in [3.8, 4) is 0 Å². The van der Waals surface area contributed by atoms with Crippen molar-refractivity contribution < 1.29 is 4.74 Å². The van der Waals surface area contributed by atoms with E-state index in [1.165, 1.54) is 18.4 Å². The van der Waals surface area contributed by atoms with Crippen LogP contribution in [0.3, 0.4) is 0 Å². The number of benzene rings is 1. The van der Waals surface area contributed by atoms with Crippen LogP contribution in [-0.4, -0.2) is 12.7 Å². The van der Waals surface area contributed by atoms with E-state index in [0.717, 1.165) is 19.4 Å². The summed E-state index contributed by atoms with van der Waals surface area (Å²) in [5.41, 5.74) is 1.41. The van der Waals surface area contributed by atoms with Gasteiger partial charge in [-0.3, -0.25) is 0 Å². The molecular formula is C14H22O. The summed E-state index contributed by atoms with van der Waals surface area (Å²) in [5, 5.41) is 0. The summed E-state index contributed by atoms with van der Waals surface area (Å²) >= 11 is 0. The van der Waals surface area contributed by atoms with Crippen LogP contribution in [0.5, 0.6) is 0 Å². The van der Waals surface area contributed by atoms with Crippen molar-refractivity contribution in [3.05, 3.63) is 35.9 Å². The molecule has 1 aromatic carbocycles. The standard InChI is InChI=1S/C14H22O/c1-3-4-12-15-13(2)10-11-14-8-6-5-7-9-14/h5-9,13H,3-4,10-12H2,1-2H3.